The van der Waals surface area contributed by atoms with Gasteiger partial charge in [-0.1, -0.05) is 29.8 Å². The Hall–Kier alpha value is -2.17. The molecule has 1 aromatic carbocycles. The van der Waals surface area contributed by atoms with Gasteiger partial charge in [0.2, 0.25) is 5.91 Å². The molecule has 2 saturated carbocycles. The van der Waals surface area contributed by atoms with E-state index in [0.29, 0.717) is 18.4 Å². The zero-order chi connectivity index (χ0) is 17.2. The summed E-state index contributed by atoms with van der Waals surface area (Å²) in [5.41, 5.74) is 1.76. The van der Waals surface area contributed by atoms with Crippen LogP contribution in [0.5, 0.6) is 0 Å². The van der Waals surface area contributed by atoms with E-state index in [1.165, 1.54) is 5.56 Å². The van der Waals surface area contributed by atoms with Crippen molar-refractivity contribution < 1.29 is 9.59 Å². The maximum absolute atomic E-state index is 12.9. The molecule has 5 heteroatoms. The van der Waals surface area contributed by atoms with Crippen LogP contribution in [0.15, 0.2) is 29.3 Å². The Bertz CT molecular complexity index is 769. The second kappa shape index (κ2) is 5.16. The van der Waals surface area contributed by atoms with Crippen molar-refractivity contribution in [1.82, 2.24) is 9.80 Å². The first kappa shape index (κ1) is 15.1. The van der Waals surface area contributed by atoms with Crippen LogP contribution in [0.2, 0.25) is 0 Å². The van der Waals surface area contributed by atoms with Gasteiger partial charge in [-0.25, -0.2) is 0 Å². The van der Waals surface area contributed by atoms with E-state index in [-0.39, 0.29) is 11.8 Å². The molecule has 0 atom stereocenters. The van der Waals surface area contributed by atoms with Gasteiger partial charge >= 0.3 is 0 Å². The van der Waals surface area contributed by atoms with E-state index in [9.17, 15) is 9.59 Å². The highest BCUT2D eigenvalue weighted by Gasteiger charge is 2.57. The highest BCUT2D eigenvalue weighted by Crippen LogP contribution is 2.46. The average molecular weight is 337 g/mol. The van der Waals surface area contributed by atoms with Crippen molar-refractivity contribution in [3.8, 4) is 0 Å². The highest BCUT2D eigenvalue weighted by molar-refractivity contribution is 6.16. The SMILES string of the molecule is Cc1ccc(C2=NC3(CC3)C(=O)N2CC2CN(C(=O)C3CC3)C2)cc1. The van der Waals surface area contributed by atoms with Gasteiger partial charge in [-0.05, 0) is 32.6 Å². The third-order valence-electron chi connectivity index (χ3n) is 5.89. The molecule has 1 saturated heterocycles. The summed E-state index contributed by atoms with van der Waals surface area (Å²) in [6.07, 6.45) is 3.85. The molecule has 2 amide bonds. The van der Waals surface area contributed by atoms with Crippen LogP contribution < -0.4 is 0 Å². The van der Waals surface area contributed by atoms with E-state index in [1.807, 2.05) is 9.80 Å². The molecule has 0 bridgehead atoms. The van der Waals surface area contributed by atoms with Gasteiger partial charge in [-0.2, -0.15) is 0 Å². The van der Waals surface area contributed by atoms with Crippen LogP contribution in [-0.2, 0) is 9.59 Å². The third-order valence-corrected chi connectivity index (χ3v) is 5.89. The van der Waals surface area contributed by atoms with Gasteiger partial charge in [0, 0.05) is 37.0 Å². The minimum atomic E-state index is -0.465. The number of aryl methyl sites for hydroxylation is 1. The maximum atomic E-state index is 12.9. The lowest BCUT2D eigenvalue weighted by Gasteiger charge is -2.41. The Morgan fingerprint density at radius 2 is 1.88 bits per heavy atom. The van der Waals surface area contributed by atoms with Crippen molar-refractivity contribution in [1.29, 1.82) is 0 Å². The number of benzene rings is 1. The Morgan fingerprint density at radius 1 is 1.20 bits per heavy atom. The van der Waals surface area contributed by atoms with Gasteiger partial charge in [-0.15, -0.1) is 0 Å². The standard InChI is InChI=1S/C20H23N3O2/c1-13-2-4-15(5-3-13)17-21-20(8-9-20)19(25)23(17)12-14-10-22(11-14)18(24)16-6-7-16/h2-5,14,16H,6-12H2,1H3. The summed E-state index contributed by atoms with van der Waals surface area (Å²) in [5.74, 6) is 1.96. The number of carbonyl (C=O) groups excluding carboxylic acids is 2. The molecule has 130 valence electrons. The molecule has 5 nitrogen and oxygen atoms in total. The highest BCUT2D eigenvalue weighted by atomic mass is 16.2. The summed E-state index contributed by atoms with van der Waals surface area (Å²) in [4.78, 5) is 33.6. The predicted octanol–water partition coefficient (Wildman–Crippen LogP) is 1.98. The quantitative estimate of drug-likeness (QED) is 0.844. The maximum Gasteiger partial charge on any atom is 0.256 e. The summed E-state index contributed by atoms with van der Waals surface area (Å²) in [7, 11) is 0. The number of hydrogen-bond donors (Lipinski definition) is 0. The summed E-state index contributed by atoms with van der Waals surface area (Å²) < 4.78 is 0. The molecule has 0 aromatic heterocycles. The van der Waals surface area contributed by atoms with Crippen LogP contribution in [0.1, 0.15) is 36.8 Å². The third kappa shape index (κ3) is 2.48. The molecule has 0 N–H and O–H groups in total. The molecule has 4 aliphatic rings. The van der Waals surface area contributed by atoms with Crippen LogP contribution in [0, 0.1) is 18.8 Å². The molecule has 1 aromatic rings. The first-order valence-corrected chi connectivity index (χ1v) is 9.33. The number of carbonyl (C=O) groups is 2. The van der Waals surface area contributed by atoms with Crippen molar-refractivity contribution >= 4 is 17.6 Å². The molecule has 5 rings (SSSR count). The second-order valence-electron chi connectivity index (χ2n) is 8.13. The molecule has 2 aliphatic carbocycles. The lowest BCUT2D eigenvalue weighted by atomic mass is 9.98. The number of aliphatic imine (C=N–C) groups is 1. The van der Waals surface area contributed by atoms with Crippen molar-refractivity contribution in [3.05, 3.63) is 35.4 Å². The van der Waals surface area contributed by atoms with Gasteiger partial charge in [-0.3, -0.25) is 19.5 Å². The Labute approximate surface area is 147 Å². The van der Waals surface area contributed by atoms with Crippen LogP contribution >= 0.6 is 0 Å². The number of rotatable bonds is 4. The lowest BCUT2D eigenvalue weighted by Crippen LogP contribution is -2.55. The lowest BCUT2D eigenvalue weighted by molar-refractivity contribution is -0.139. The number of nitrogens with zero attached hydrogens (tertiary/aromatic N) is 3. The number of likely N-dealkylation sites (tertiary alicyclic amines) is 1. The monoisotopic (exact) mass is 337 g/mol. The summed E-state index contributed by atoms with van der Waals surface area (Å²) in [6.45, 7) is 4.31. The zero-order valence-electron chi connectivity index (χ0n) is 14.6. The molecule has 0 radical (unpaired) electrons. The normalized spacial score (nSPS) is 24.5. The van der Waals surface area contributed by atoms with Gasteiger partial charge in [0.05, 0.1) is 0 Å². The minimum Gasteiger partial charge on any atom is -0.342 e. The van der Waals surface area contributed by atoms with Gasteiger partial charge in [0.25, 0.3) is 5.91 Å². The largest absolute Gasteiger partial charge is 0.342 e. The summed E-state index contributed by atoms with van der Waals surface area (Å²) in [5, 5.41) is 0. The Balaban J connectivity index is 1.31. The summed E-state index contributed by atoms with van der Waals surface area (Å²) >= 11 is 0. The molecule has 25 heavy (non-hydrogen) atoms. The van der Waals surface area contributed by atoms with Crippen LogP contribution in [0.3, 0.4) is 0 Å². The van der Waals surface area contributed by atoms with Crippen molar-refractivity contribution in [3.63, 3.8) is 0 Å². The van der Waals surface area contributed by atoms with Crippen molar-refractivity contribution in [2.24, 2.45) is 16.8 Å². The number of hydrogen-bond acceptors (Lipinski definition) is 3. The predicted molar refractivity (Wildman–Crippen MR) is 94.2 cm³/mol. The van der Waals surface area contributed by atoms with E-state index in [4.69, 9.17) is 4.99 Å². The van der Waals surface area contributed by atoms with Crippen LogP contribution in [-0.4, -0.2) is 52.6 Å². The Kier molecular flexibility index (Phi) is 3.12. The molecule has 3 fully saturated rings. The zero-order valence-corrected chi connectivity index (χ0v) is 14.6. The fraction of sp³-hybridized carbons (Fsp3) is 0.550. The van der Waals surface area contributed by atoms with Crippen molar-refractivity contribution in [2.45, 2.75) is 38.1 Å². The molecule has 1 spiro atoms. The van der Waals surface area contributed by atoms with Gasteiger partial charge in [0.1, 0.15) is 11.4 Å². The average Bonchev–Trinajstić information content (AvgIpc) is 3.46. The van der Waals surface area contributed by atoms with E-state index in [2.05, 4.69) is 31.2 Å². The smallest absolute Gasteiger partial charge is 0.256 e. The van der Waals surface area contributed by atoms with Crippen molar-refractivity contribution in [2.75, 3.05) is 19.6 Å². The first-order valence-electron chi connectivity index (χ1n) is 9.33. The molecule has 0 unspecified atom stereocenters. The van der Waals surface area contributed by atoms with E-state index in [1.54, 1.807) is 0 Å². The number of amides is 2. The molecule has 2 aliphatic heterocycles. The van der Waals surface area contributed by atoms with E-state index in [0.717, 1.165) is 50.2 Å². The Morgan fingerprint density at radius 3 is 2.48 bits per heavy atom. The fourth-order valence-corrected chi connectivity index (χ4v) is 3.91. The molecular formula is C20H23N3O2. The van der Waals surface area contributed by atoms with E-state index < -0.39 is 5.54 Å². The fourth-order valence-electron chi connectivity index (χ4n) is 3.91. The number of amidine groups is 1. The minimum absolute atomic E-state index is 0.162. The second-order valence-corrected chi connectivity index (χ2v) is 8.13. The van der Waals surface area contributed by atoms with Crippen LogP contribution in [0.4, 0.5) is 0 Å². The van der Waals surface area contributed by atoms with Gasteiger partial charge in [0.15, 0.2) is 0 Å². The first-order chi connectivity index (χ1) is 12.1. The van der Waals surface area contributed by atoms with Gasteiger partial charge < -0.3 is 4.90 Å². The summed E-state index contributed by atoms with van der Waals surface area (Å²) in [6, 6.07) is 8.24. The van der Waals surface area contributed by atoms with Crippen LogP contribution in [0.25, 0.3) is 0 Å². The van der Waals surface area contributed by atoms with E-state index >= 15 is 0 Å². The molecular weight excluding hydrogens is 314 g/mol. The topological polar surface area (TPSA) is 53.0 Å². The molecule has 2 heterocycles.